The van der Waals surface area contributed by atoms with E-state index in [1.54, 1.807) is 25.8 Å². The van der Waals surface area contributed by atoms with Gasteiger partial charge in [-0.25, -0.2) is 9.59 Å². The van der Waals surface area contributed by atoms with Crippen LogP contribution in [-0.2, 0) is 60.5 Å². The van der Waals surface area contributed by atoms with Crippen molar-refractivity contribution in [1.82, 2.24) is 24.0 Å². The predicted octanol–water partition coefficient (Wildman–Crippen LogP) is 5.26. The molecule has 2 aromatic rings. The van der Waals surface area contributed by atoms with Crippen LogP contribution in [0.25, 0.3) is 0 Å². The number of rotatable bonds is 16. The normalized spacial score (nSPS) is 23.0. The minimum Gasteiger partial charge on any atom is -0.501 e. The molecule has 4 aliphatic heterocycles. The minimum absolute atomic E-state index is 0.120. The second kappa shape index (κ2) is 24.7. The fraction of sp³-hybridized carbons (Fsp3) is 0.514. The Morgan fingerprint density at radius 1 is 0.732 bits per heavy atom. The molecule has 0 radical (unpaired) electrons. The van der Waals surface area contributed by atoms with E-state index in [4.69, 9.17) is 33.1 Å². The van der Waals surface area contributed by atoms with Gasteiger partial charge in [-0.05, 0) is 49.4 Å². The molecule has 0 fully saturated rings. The molecule has 4 N–H and O–H groups in total. The van der Waals surface area contributed by atoms with Crippen LogP contribution in [-0.4, -0.2) is 129 Å². The number of allylic oxidation sites excluding steroid dienone is 1. The smallest absolute Gasteiger partial charge is 0.366 e. The van der Waals surface area contributed by atoms with Crippen molar-refractivity contribution in [2.45, 2.75) is 63.6 Å². The number of alkyl halides is 6. The number of H-pyrrole nitrogens is 2. The summed E-state index contributed by atoms with van der Waals surface area (Å²) in [6, 6.07) is 1.76. The Bertz CT molecular complexity index is 2640. The third kappa shape index (κ3) is 16.3. The number of aliphatic hydroxyl groups excluding tert-OH is 2. The lowest BCUT2D eigenvalue weighted by atomic mass is 10.1. The maximum Gasteiger partial charge on any atom is 0.366 e. The third-order valence-corrected chi connectivity index (χ3v) is 14.0. The molecule has 0 bridgehead atoms. The molecule has 0 spiro atoms. The van der Waals surface area contributed by atoms with Gasteiger partial charge in [0, 0.05) is 56.8 Å². The van der Waals surface area contributed by atoms with Crippen LogP contribution >= 0.6 is 44.7 Å². The standard InChI is InChI=1S/C12H14F2IN2O6P.C12H15F2N2O7P.C9H7F2NO3.C4H11O3P/c1-3-22-24(2,20)6-21-9-8(15)12(13,14)10(23-9)17-5-4-7(18)16-11(17)19;1-3-22-24(2,20)6-21-9-8(18)12(13,14)10(23-9)16-5-4-7(17)15-11(16)19;10-9(11)2-4-15-8(9)12-3-1-6(13)5-7(12)14;1-3-7-8(2,6)4-5/h4-5,10H,3,6H2,1-2H3,(H,16,18,19);4-5,10,18H,3,6H2,1-2H3,(H,15,17,19);1-4,8H,5H2;5H,3-4H2,1-2H3. The van der Waals surface area contributed by atoms with Crippen molar-refractivity contribution >= 4 is 56.4 Å². The van der Waals surface area contributed by atoms with Gasteiger partial charge in [0.1, 0.15) is 9.93 Å². The summed E-state index contributed by atoms with van der Waals surface area (Å²) >= 11 is 1.33. The van der Waals surface area contributed by atoms with Gasteiger partial charge in [-0.3, -0.25) is 56.9 Å². The van der Waals surface area contributed by atoms with Crippen molar-refractivity contribution in [3.8, 4) is 0 Å². The maximum atomic E-state index is 14.4. The molecule has 0 aliphatic carbocycles. The highest BCUT2D eigenvalue weighted by molar-refractivity contribution is 14.1. The number of ether oxygens (including phenoxy) is 5. The quantitative estimate of drug-likeness (QED) is 0.0721. The van der Waals surface area contributed by atoms with Crippen LogP contribution in [0.5, 0.6) is 0 Å². The second-order valence-electron chi connectivity index (χ2n) is 14.7. The van der Waals surface area contributed by atoms with E-state index in [0.717, 1.165) is 48.0 Å². The van der Waals surface area contributed by atoms with Crippen LogP contribution in [0.2, 0.25) is 0 Å². The number of aliphatic hydroxyl groups is 2. The highest BCUT2D eigenvalue weighted by atomic mass is 127. The van der Waals surface area contributed by atoms with E-state index in [-0.39, 0.29) is 19.6 Å². The van der Waals surface area contributed by atoms with E-state index in [0.29, 0.717) is 21.8 Å². The zero-order valence-electron chi connectivity index (χ0n) is 38.0. The molecule has 4 aliphatic rings. The van der Waals surface area contributed by atoms with Crippen LogP contribution in [0.1, 0.15) is 39.6 Å². The summed E-state index contributed by atoms with van der Waals surface area (Å²) in [5.74, 6) is -14.9. The Morgan fingerprint density at radius 2 is 1.18 bits per heavy atom. The number of amides is 1. The van der Waals surface area contributed by atoms with E-state index in [9.17, 15) is 73.9 Å². The maximum absolute atomic E-state index is 14.4. The van der Waals surface area contributed by atoms with Gasteiger partial charge in [0.25, 0.3) is 35.3 Å². The molecular weight excluding hydrogens is 1150 g/mol. The molecule has 398 valence electrons. The first-order chi connectivity index (χ1) is 32.8. The van der Waals surface area contributed by atoms with Gasteiger partial charge in [0.15, 0.2) is 18.5 Å². The number of hydrogen-bond acceptors (Lipinski definition) is 19. The first-order valence-corrected chi connectivity index (χ1v) is 27.9. The largest absolute Gasteiger partial charge is 0.501 e. The molecule has 0 saturated carbocycles. The van der Waals surface area contributed by atoms with Gasteiger partial charge in [0.05, 0.1) is 32.5 Å². The zero-order valence-corrected chi connectivity index (χ0v) is 42.8. The third-order valence-electron chi connectivity index (χ3n) is 8.68. The zero-order chi connectivity index (χ0) is 53.9. The lowest BCUT2D eigenvalue weighted by Gasteiger charge is -2.29. The summed E-state index contributed by atoms with van der Waals surface area (Å²) in [4.78, 5) is 71.9. The van der Waals surface area contributed by atoms with Crippen LogP contribution in [0.15, 0.2) is 89.5 Å². The second-order valence-corrected chi connectivity index (χ2v) is 23.4. The van der Waals surface area contributed by atoms with E-state index >= 15 is 0 Å². The van der Waals surface area contributed by atoms with Gasteiger partial charge >= 0.3 is 35.1 Å². The van der Waals surface area contributed by atoms with Gasteiger partial charge in [-0.15, -0.1) is 0 Å². The number of nitrogens with zero attached hydrogens (tertiary/aromatic N) is 3. The van der Waals surface area contributed by atoms with Crippen molar-refractivity contribution in [1.29, 1.82) is 0 Å². The summed E-state index contributed by atoms with van der Waals surface area (Å²) in [5, 5.41) is 17.9. The summed E-state index contributed by atoms with van der Waals surface area (Å²) in [5.41, 5.74) is -3.71. The molecule has 2 aromatic heterocycles. The molecule has 1 amide bonds. The number of aromatic amines is 2. The monoisotopic (exact) mass is 1200 g/mol. The topological polar surface area (TPSA) is 313 Å². The molecule has 6 heterocycles. The SMILES string of the molecule is CCOP(C)(=O)CO.CCOP(C)(=O)COC1=C(I)C(F)(F)C(n2ccc(=O)[nH]c2=O)O1.CCOP(C)(=O)COC1=C(O)C(F)(F)C(n2ccc(=O)[nH]c2=O)O1.O=C1C=CN(C2OC=CC2(F)F)C(=O)C1. The number of hydrogen-bond donors (Lipinski definition) is 4. The number of ketones is 1. The fourth-order valence-electron chi connectivity index (χ4n) is 5.51. The molecule has 34 heteroatoms. The van der Waals surface area contributed by atoms with Crippen molar-refractivity contribution in [3.05, 3.63) is 112 Å². The van der Waals surface area contributed by atoms with Crippen LogP contribution in [0.3, 0.4) is 0 Å². The number of carbonyl (C=O) groups excluding carboxylic acids is 2. The average Bonchev–Trinajstić information content (AvgIpc) is 3.81. The summed E-state index contributed by atoms with van der Waals surface area (Å²) < 4.78 is 157. The lowest BCUT2D eigenvalue weighted by Crippen LogP contribution is -2.47. The van der Waals surface area contributed by atoms with Crippen molar-refractivity contribution < 1.29 is 97.1 Å². The lowest BCUT2D eigenvalue weighted by molar-refractivity contribution is -0.157. The van der Waals surface area contributed by atoms with Gasteiger partial charge in [-0.2, -0.15) is 26.3 Å². The van der Waals surface area contributed by atoms with E-state index < -0.39 is 133 Å². The van der Waals surface area contributed by atoms with E-state index in [1.165, 1.54) is 42.6 Å². The molecule has 24 nitrogen and oxygen atoms in total. The van der Waals surface area contributed by atoms with E-state index in [1.807, 2.05) is 4.98 Å². The minimum atomic E-state index is -4.00. The Hall–Kier alpha value is -4.90. The summed E-state index contributed by atoms with van der Waals surface area (Å²) in [6.07, 6.45) is -2.54. The highest BCUT2D eigenvalue weighted by Crippen LogP contribution is 2.51. The Labute approximate surface area is 410 Å². The number of carbonyl (C=O) groups is 2. The van der Waals surface area contributed by atoms with Gasteiger partial charge in [0.2, 0.25) is 34.2 Å². The van der Waals surface area contributed by atoms with Crippen molar-refractivity contribution in [3.63, 3.8) is 0 Å². The summed E-state index contributed by atoms with van der Waals surface area (Å²) in [7, 11) is -8.97. The molecule has 6 atom stereocenters. The molecule has 0 aromatic carbocycles. The van der Waals surface area contributed by atoms with Crippen LogP contribution in [0.4, 0.5) is 26.3 Å². The van der Waals surface area contributed by atoms with Crippen molar-refractivity contribution in [2.24, 2.45) is 0 Å². The average molecular weight is 1200 g/mol. The first-order valence-electron chi connectivity index (χ1n) is 20.1. The first kappa shape index (κ1) is 60.4. The molecule has 6 unspecified atom stereocenters. The molecule has 0 saturated heterocycles. The fourth-order valence-corrected chi connectivity index (χ4v) is 8.63. The number of halogens is 7. The molecule has 6 rings (SSSR count). The Morgan fingerprint density at radius 3 is 1.59 bits per heavy atom. The van der Waals surface area contributed by atoms with Gasteiger partial charge < -0.3 is 47.5 Å². The molecule has 71 heavy (non-hydrogen) atoms. The molecular formula is C37H47F6IN5O19P3. The Kier molecular flexibility index (Phi) is 21.0. The number of aromatic nitrogens is 4. The van der Waals surface area contributed by atoms with Crippen molar-refractivity contribution in [2.75, 3.05) is 58.9 Å². The summed E-state index contributed by atoms with van der Waals surface area (Å²) in [6.45, 7) is 9.61. The Balaban J connectivity index is 0.000000267. The number of nitrogens with one attached hydrogen (secondary N) is 2. The van der Waals surface area contributed by atoms with Crippen LogP contribution in [0, 0.1) is 0 Å². The van der Waals surface area contributed by atoms with Crippen LogP contribution < -0.4 is 22.5 Å². The predicted molar refractivity (Wildman–Crippen MR) is 243 cm³/mol. The van der Waals surface area contributed by atoms with Gasteiger partial charge in [-0.1, -0.05) is 0 Å². The van der Waals surface area contributed by atoms with E-state index in [2.05, 4.69) is 9.26 Å². The highest BCUT2D eigenvalue weighted by Gasteiger charge is 2.57.